The van der Waals surface area contributed by atoms with Crippen LogP contribution in [0.1, 0.15) is 49.6 Å². The molecule has 4 atom stereocenters. The van der Waals surface area contributed by atoms with Gasteiger partial charge in [0.15, 0.2) is 6.73 Å². The number of carbonyl (C=O) groups excluding carboxylic acids is 1. The van der Waals surface area contributed by atoms with Crippen LogP contribution < -0.4 is 9.47 Å². The molecule has 10 nitrogen and oxygen atoms in total. The number of esters is 1. The summed E-state index contributed by atoms with van der Waals surface area (Å²) in [5.41, 5.74) is 1.65. The van der Waals surface area contributed by atoms with Crippen LogP contribution in [0.2, 0.25) is 0 Å². The molecule has 1 aliphatic rings. The standard InChI is InChI=1S/C37H44N2O8/c1-36(2,3)35(42)45-24-39-21-28(38-23-39)15-20-31-33(40)34(41)32(47-31)22-46-37(25-9-7-6-8-10-25,26-11-16-29(43-4)17-12-26)27-13-18-30(44-5)19-14-27/h6-14,16-19,21,23,31-34,40-41H,15,20,22,24H2,1-5H3/t31-,32+,33-,34+/m0/s1. The van der Waals surface area contributed by atoms with Crippen LogP contribution in [-0.4, -0.2) is 71.0 Å². The predicted molar refractivity (Wildman–Crippen MR) is 175 cm³/mol. The fourth-order valence-electron chi connectivity index (χ4n) is 5.73. The first kappa shape index (κ1) is 34.1. The molecule has 1 fully saturated rings. The molecule has 0 saturated carbocycles. The van der Waals surface area contributed by atoms with E-state index in [1.165, 1.54) is 0 Å². The monoisotopic (exact) mass is 644 g/mol. The number of ether oxygens (including phenoxy) is 5. The molecule has 0 amide bonds. The molecular weight excluding hydrogens is 600 g/mol. The van der Waals surface area contributed by atoms with Gasteiger partial charge in [-0.2, -0.15) is 0 Å². The first-order valence-corrected chi connectivity index (χ1v) is 15.7. The Morgan fingerprint density at radius 3 is 1.94 bits per heavy atom. The molecular formula is C37H44N2O8. The lowest BCUT2D eigenvalue weighted by Gasteiger charge is -2.37. The van der Waals surface area contributed by atoms with Gasteiger partial charge in [-0.15, -0.1) is 0 Å². The zero-order valence-electron chi connectivity index (χ0n) is 27.5. The molecule has 0 aliphatic carbocycles. The number of methoxy groups -OCH3 is 2. The summed E-state index contributed by atoms with van der Waals surface area (Å²) in [5.74, 6) is 1.12. The van der Waals surface area contributed by atoms with Crippen LogP contribution in [0.25, 0.3) is 0 Å². The van der Waals surface area contributed by atoms with Gasteiger partial charge in [0.25, 0.3) is 0 Å². The second kappa shape index (κ2) is 14.7. The molecule has 1 aliphatic heterocycles. The SMILES string of the molecule is COc1ccc(C(OC[C@H]2O[C@@H](CCc3cn(COC(=O)C(C)(C)C)cn3)[C@H](O)[C@@H]2O)(c2ccccc2)c2ccc(OC)cc2)cc1. The van der Waals surface area contributed by atoms with Crippen LogP contribution >= 0.6 is 0 Å². The van der Waals surface area contributed by atoms with Gasteiger partial charge in [-0.1, -0.05) is 54.6 Å². The Morgan fingerprint density at radius 1 is 0.830 bits per heavy atom. The molecule has 0 spiro atoms. The molecule has 250 valence electrons. The Balaban J connectivity index is 1.33. The lowest BCUT2D eigenvalue weighted by atomic mass is 9.80. The van der Waals surface area contributed by atoms with Crippen LogP contribution in [0, 0.1) is 5.41 Å². The number of aryl methyl sites for hydroxylation is 1. The zero-order chi connectivity index (χ0) is 33.6. The second-order valence-corrected chi connectivity index (χ2v) is 12.7. The molecule has 10 heteroatoms. The van der Waals surface area contributed by atoms with Crippen LogP contribution in [0.4, 0.5) is 0 Å². The van der Waals surface area contributed by atoms with Crippen molar-refractivity contribution in [2.75, 3.05) is 20.8 Å². The highest BCUT2D eigenvalue weighted by molar-refractivity contribution is 5.75. The Morgan fingerprint density at radius 2 is 1.38 bits per heavy atom. The van der Waals surface area contributed by atoms with Crippen molar-refractivity contribution in [1.29, 1.82) is 0 Å². The van der Waals surface area contributed by atoms with E-state index in [4.69, 9.17) is 23.7 Å². The number of nitrogens with zero attached hydrogens (tertiary/aromatic N) is 2. The van der Waals surface area contributed by atoms with Crippen LogP contribution in [0.3, 0.4) is 0 Å². The Kier molecular flexibility index (Phi) is 10.7. The summed E-state index contributed by atoms with van der Waals surface area (Å²) in [6.07, 6.45) is 0.638. The number of hydrogen-bond acceptors (Lipinski definition) is 9. The van der Waals surface area contributed by atoms with Crippen molar-refractivity contribution in [1.82, 2.24) is 9.55 Å². The fourth-order valence-corrected chi connectivity index (χ4v) is 5.73. The maximum atomic E-state index is 12.1. The Bertz CT molecular complexity index is 1530. The van der Waals surface area contributed by atoms with E-state index in [-0.39, 0.29) is 19.3 Å². The van der Waals surface area contributed by atoms with Crippen molar-refractivity contribution in [2.45, 2.75) is 70.4 Å². The van der Waals surface area contributed by atoms with Crippen molar-refractivity contribution in [2.24, 2.45) is 5.41 Å². The molecule has 0 bridgehead atoms. The van der Waals surface area contributed by atoms with E-state index in [0.29, 0.717) is 24.3 Å². The van der Waals surface area contributed by atoms with Crippen molar-refractivity contribution in [3.8, 4) is 11.5 Å². The molecule has 47 heavy (non-hydrogen) atoms. The second-order valence-electron chi connectivity index (χ2n) is 12.7. The third kappa shape index (κ3) is 7.68. The molecule has 0 unspecified atom stereocenters. The summed E-state index contributed by atoms with van der Waals surface area (Å²) >= 11 is 0. The van der Waals surface area contributed by atoms with Crippen molar-refractivity contribution >= 4 is 5.97 Å². The van der Waals surface area contributed by atoms with Crippen molar-refractivity contribution in [3.63, 3.8) is 0 Å². The number of aliphatic hydroxyl groups is 2. The van der Waals surface area contributed by atoms with Gasteiger partial charge in [0.1, 0.15) is 35.4 Å². The van der Waals surface area contributed by atoms with Crippen LogP contribution in [-0.2, 0) is 37.8 Å². The molecule has 2 N–H and O–H groups in total. The maximum absolute atomic E-state index is 12.1. The molecule has 5 rings (SSSR count). The molecule has 0 radical (unpaired) electrons. The molecule has 4 aromatic rings. The van der Waals surface area contributed by atoms with E-state index in [1.54, 1.807) is 52.1 Å². The smallest absolute Gasteiger partial charge is 0.312 e. The first-order valence-electron chi connectivity index (χ1n) is 15.7. The minimum absolute atomic E-state index is 0.00451. The summed E-state index contributed by atoms with van der Waals surface area (Å²) in [4.78, 5) is 16.5. The largest absolute Gasteiger partial charge is 0.497 e. The van der Waals surface area contributed by atoms with Gasteiger partial charge in [0.2, 0.25) is 0 Å². The lowest BCUT2D eigenvalue weighted by Crippen LogP contribution is -2.39. The summed E-state index contributed by atoms with van der Waals surface area (Å²) in [6, 6.07) is 25.2. The third-order valence-corrected chi connectivity index (χ3v) is 8.43. The lowest BCUT2D eigenvalue weighted by molar-refractivity contribution is -0.156. The average molecular weight is 645 g/mol. The number of carbonyl (C=O) groups is 1. The fraction of sp³-hybridized carbons (Fsp3) is 0.405. The van der Waals surface area contributed by atoms with E-state index in [9.17, 15) is 15.0 Å². The summed E-state index contributed by atoms with van der Waals surface area (Å²) in [7, 11) is 3.24. The highest BCUT2D eigenvalue weighted by Crippen LogP contribution is 2.42. The van der Waals surface area contributed by atoms with E-state index in [2.05, 4.69) is 4.98 Å². The van der Waals surface area contributed by atoms with Gasteiger partial charge in [0, 0.05) is 6.20 Å². The van der Waals surface area contributed by atoms with Gasteiger partial charge < -0.3 is 38.5 Å². The minimum Gasteiger partial charge on any atom is -0.497 e. The summed E-state index contributed by atoms with van der Waals surface area (Å²) in [5, 5.41) is 22.1. The summed E-state index contributed by atoms with van der Waals surface area (Å²) in [6.45, 7) is 5.46. The molecule has 3 aromatic carbocycles. The highest BCUT2D eigenvalue weighted by atomic mass is 16.6. The van der Waals surface area contributed by atoms with E-state index in [0.717, 1.165) is 22.4 Å². The van der Waals surface area contributed by atoms with Gasteiger partial charge in [-0.05, 0) is 74.6 Å². The minimum atomic E-state index is -1.16. The highest BCUT2D eigenvalue weighted by Gasteiger charge is 2.45. The van der Waals surface area contributed by atoms with E-state index >= 15 is 0 Å². The molecule has 1 saturated heterocycles. The number of hydrogen-bond donors (Lipinski definition) is 2. The predicted octanol–water partition coefficient (Wildman–Crippen LogP) is 4.88. The number of benzene rings is 3. The number of aromatic nitrogens is 2. The van der Waals surface area contributed by atoms with E-state index in [1.807, 2.05) is 78.9 Å². The average Bonchev–Trinajstić information content (AvgIpc) is 3.66. The Hall–Kier alpha value is -4.22. The summed E-state index contributed by atoms with van der Waals surface area (Å²) < 4.78 is 31.0. The third-order valence-electron chi connectivity index (χ3n) is 8.43. The van der Waals surface area contributed by atoms with Gasteiger partial charge in [-0.3, -0.25) is 4.79 Å². The topological polar surface area (TPSA) is 122 Å². The molecule has 2 heterocycles. The van der Waals surface area contributed by atoms with Crippen LogP contribution in [0.5, 0.6) is 11.5 Å². The number of aliphatic hydroxyl groups excluding tert-OH is 2. The van der Waals surface area contributed by atoms with Crippen molar-refractivity contribution in [3.05, 3.63) is 114 Å². The maximum Gasteiger partial charge on any atom is 0.312 e. The normalized spacial score (nSPS) is 19.8. The number of imidazole rings is 1. The van der Waals surface area contributed by atoms with Gasteiger partial charge in [0.05, 0.1) is 44.4 Å². The molecule has 1 aromatic heterocycles. The first-order chi connectivity index (χ1) is 22.5. The Labute approximate surface area is 275 Å². The zero-order valence-corrected chi connectivity index (χ0v) is 27.5. The quantitative estimate of drug-likeness (QED) is 0.155. The van der Waals surface area contributed by atoms with Gasteiger partial charge >= 0.3 is 5.97 Å². The van der Waals surface area contributed by atoms with Crippen LogP contribution in [0.15, 0.2) is 91.4 Å². The van der Waals surface area contributed by atoms with Gasteiger partial charge in [-0.25, -0.2) is 4.98 Å². The number of rotatable bonds is 13. The van der Waals surface area contributed by atoms with Crippen molar-refractivity contribution < 1.29 is 38.7 Å². The van der Waals surface area contributed by atoms with E-state index < -0.39 is 35.4 Å².